The van der Waals surface area contributed by atoms with Crippen molar-refractivity contribution in [1.82, 2.24) is 10.1 Å². The molecule has 148 valence electrons. The highest BCUT2D eigenvalue weighted by molar-refractivity contribution is 6.37. The monoisotopic (exact) mass is 433 g/mol. The van der Waals surface area contributed by atoms with Gasteiger partial charge in [0.1, 0.15) is 6.61 Å². The van der Waals surface area contributed by atoms with Crippen LogP contribution in [0.4, 0.5) is 0 Å². The summed E-state index contributed by atoms with van der Waals surface area (Å²) in [7, 11) is 0. The maximum atomic E-state index is 12.6. The largest absolute Gasteiger partial charge is 0.482 e. The van der Waals surface area contributed by atoms with E-state index in [2.05, 4.69) is 5.16 Å². The molecule has 2 heterocycles. The van der Waals surface area contributed by atoms with Crippen molar-refractivity contribution in [3.8, 4) is 5.75 Å². The van der Waals surface area contributed by atoms with Crippen molar-refractivity contribution in [2.75, 3.05) is 13.1 Å². The van der Waals surface area contributed by atoms with E-state index >= 15 is 0 Å². The van der Waals surface area contributed by atoms with Crippen molar-refractivity contribution in [3.05, 3.63) is 45.8 Å². The first kappa shape index (κ1) is 21.8. The highest BCUT2D eigenvalue weighted by atomic mass is 35.5. The quantitative estimate of drug-likeness (QED) is 0.763. The van der Waals surface area contributed by atoms with Gasteiger partial charge in [-0.05, 0) is 37.8 Å². The number of aromatic nitrogens is 1. The summed E-state index contributed by atoms with van der Waals surface area (Å²) in [5.74, 6) is 1.12. The number of rotatable bonds is 5. The minimum atomic E-state index is -0.140. The summed E-state index contributed by atoms with van der Waals surface area (Å²) in [6, 6.07) is 6.84. The van der Waals surface area contributed by atoms with Gasteiger partial charge in [0.15, 0.2) is 17.2 Å². The van der Waals surface area contributed by atoms with Crippen LogP contribution in [0.2, 0.25) is 10.0 Å². The van der Waals surface area contributed by atoms with Crippen molar-refractivity contribution in [2.45, 2.75) is 32.4 Å². The van der Waals surface area contributed by atoms with Crippen molar-refractivity contribution in [3.63, 3.8) is 0 Å². The molecule has 1 atom stereocenters. The Labute approximate surface area is 174 Å². The second kappa shape index (κ2) is 9.64. The summed E-state index contributed by atoms with van der Waals surface area (Å²) >= 11 is 12.1. The van der Waals surface area contributed by atoms with Crippen LogP contribution in [-0.4, -0.2) is 35.1 Å². The molecule has 1 fully saturated rings. The highest BCUT2D eigenvalue weighted by Crippen LogP contribution is 2.33. The maximum Gasteiger partial charge on any atom is 0.276 e. The summed E-state index contributed by atoms with van der Waals surface area (Å²) in [6.45, 7) is 3.45. The third-order valence-electron chi connectivity index (χ3n) is 4.63. The molecule has 2 aromatic rings. The summed E-state index contributed by atoms with van der Waals surface area (Å²) in [4.78, 5) is 14.3. The second-order valence-electron chi connectivity index (χ2n) is 6.51. The molecular formula is C18H22Cl3N3O3. The van der Waals surface area contributed by atoms with E-state index in [-0.39, 0.29) is 36.7 Å². The summed E-state index contributed by atoms with van der Waals surface area (Å²) < 4.78 is 10.8. The Balaban J connectivity index is 0.00000261. The van der Waals surface area contributed by atoms with Crippen molar-refractivity contribution >= 4 is 41.5 Å². The van der Waals surface area contributed by atoms with Crippen LogP contribution in [0.1, 0.15) is 36.0 Å². The molecule has 1 aliphatic heterocycles. The minimum Gasteiger partial charge on any atom is -0.482 e. The number of nitrogens with zero attached hydrogens (tertiary/aromatic N) is 2. The van der Waals surface area contributed by atoms with Crippen molar-refractivity contribution < 1.29 is 14.1 Å². The van der Waals surface area contributed by atoms with Gasteiger partial charge in [0.05, 0.1) is 10.0 Å². The van der Waals surface area contributed by atoms with Crippen molar-refractivity contribution in [2.24, 2.45) is 11.7 Å². The number of benzene rings is 1. The van der Waals surface area contributed by atoms with Crippen LogP contribution in [0.25, 0.3) is 0 Å². The molecule has 0 aliphatic carbocycles. The van der Waals surface area contributed by atoms with Crippen LogP contribution >= 0.6 is 35.6 Å². The van der Waals surface area contributed by atoms with Crippen LogP contribution in [0.15, 0.2) is 28.8 Å². The van der Waals surface area contributed by atoms with E-state index in [1.165, 1.54) is 0 Å². The van der Waals surface area contributed by atoms with Gasteiger partial charge in [0.2, 0.25) is 0 Å². The Kier molecular flexibility index (Phi) is 7.79. The molecule has 1 aromatic heterocycles. The van der Waals surface area contributed by atoms with Crippen LogP contribution in [0, 0.1) is 5.92 Å². The van der Waals surface area contributed by atoms with Gasteiger partial charge in [0, 0.05) is 25.2 Å². The molecule has 1 unspecified atom stereocenters. The Bertz CT molecular complexity index is 754. The molecule has 0 bridgehead atoms. The number of likely N-dealkylation sites (tertiary alicyclic amines) is 1. The molecule has 1 aliphatic rings. The van der Waals surface area contributed by atoms with Gasteiger partial charge in [-0.3, -0.25) is 4.79 Å². The van der Waals surface area contributed by atoms with Crippen LogP contribution < -0.4 is 10.5 Å². The fraction of sp³-hybridized carbons (Fsp3) is 0.444. The van der Waals surface area contributed by atoms with Gasteiger partial charge in [-0.2, -0.15) is 0 Å². The van der Waals surface area contributed by atoms with Crippen LogP contribution in [0.3, 0.4) is 0 Å². The van der Waals surface area contributed by atoms with E-state index in [1.807, 2.05) is 6.92 Å². The highest BCUT2D eigenvalue weighted by Gasteiger charge is 2.27. The molecular weight excluding hydrogens is 413 g/mol. The molecule has 3 rings (SSSR count). The molecule has 0 saturated carbocycles. The molecule has 6 nitrogen and oxygen atoms in total. The van der Waals surface area contributed by atoms with Gasteiger partial charge in [0.25, 0.3) is 5.91 Å². The maximum absolute atomic E-state index is 12.6. The number of hydrogen-bond acceptors (Lipinski definition) is 5. The fourth-order valence-corrected chi connectivity index (χ4v) is 3.54. The Morgan fingerprint density at radius 3 is 2.59 bits per heavy atom. The fourth-order valence-electron chi connectivity index (χ4n) is 3.04. The lowest BCUT2D eigenvalue weighted by Gasteiger charge is -2.33. The Morgan fingerprint density at radius 2 is 2.00 bits per heavy atom. The number of amides is 1. The third-order valence-corrected chi connectivity index (χ3v) is 5.22. The zero-order valence-corrected chi connectivity index (χ0v) is 17.2. The van der Waals surface area contributed by atoms with Gasteiger partial charge in [-0.1, -0.05) is 34.4 Å². The zero-order chi connectivity index (χ0) is 18.7. The predicted octanol–water partition coefficient (Wildman–Crippen LogP) is 4.18. The second-order valence-corrected chi connectivity index (χ2v) is 7.32. The van der Waals surface area contributed by atoms with E-state index < -0.39 is 0 Å². The molecule has 27 heavy (non-hydrogen) atoms. The van der Waals surface area contributed by atoms with Gasteiger partial charge < -0.3 is 19.9 Å². The Morgan fingerprint density at radius 1 is 1.37 bits per heavy atom. The first-order valence-corrected chi connectivity index (χ1v) is 9.28. The zero-order valence-electron chi connectivity index (χ0n) is 14.9. The lowest BCUT2D eigenvalue weighted by Crippen LogP contribution is -2.42. The average Bonchev–Trinajstić information content (AvgIpc) is 3.10. The summed E-state index contributed by atoms with van der Waals surface area (Å²) in [5, 5.41) is 4.68. The number of para-hydroxylation sites is 1. The molecule has 1 aromatic carbocycles. The normalized spacial score (nSPS) is 15.9. The molecule has 9 heteroatoms. The van der Waals surface area contributed by atoms with Gasteiger partial charge in [-0.15, -0.1) is 12.4 Å². The van der Waals surface area contributed by atoms with E-state index in [1.54, 1.807) is 29.2 Å². The number of carbonyl (C=O) groups excluding carboxylic acids is 1. The SMILES string of the molecule is CC(N)C1CCN(C(=O)c2cc(COc3c(Cl)cccc3Cl)on2)CC1.Cl. The van der Waals surface area contributed by atoms with Gasteiger partial charge in [-0.25, -0.2) is 0 Å². The number of carbonyl (C=O) groups is 1. The lowest BCUT2D eigenvalue weighted by atomic mass is 9.91. The minimum absolute atomic E-state index is 0. The predicted molar refractivity (Wildman–Crippen MR) is 107 cm³/mol. The Hall–Kier alpha value is -1.47. The third kappa shape index (κ3) is 5.29. The molecule has 2 N–H and O–H groups in total. The number of nitrogens with two attached hydrogens (primary N) is 1. The lowest BCUT2D eigenvalue weighted by molar-refractivity contribution is 0.0670. The van der Waals surface area contributed by atoms with E-state index in [4.69, 9.17) is 38.2 Å². The van der Waals surface area contributed by atoms with Crippen molar-refractivity contribution in [1.29, 1.82) is 0 Å². The van der Waals surface area contributed by atoms with E-state index in [9.17, 15) is 4.79 Å². The van der Waals surface area contributed by atoms with Gasteiger partial charge >= 0.3 is 0 Å². The topological polar surface area (TPSA) is 81.6 Å². The number of halogens is 3. The van der Waals surface area contributed by atoms with E-state index in [0.717, 1.165) is 12.8 Å². The first-order valence-electron chi connectivity index (χ1n) is 8.53. The molecule has 0 spiro atoms. The summed E-state index contributed by atoms with van der Waals surface area (Å²) in [6.07, 6.45) is 1.81. The summed E-state index contributed by atoms with van der Waals surface area (Å²) in [5.41, 5.74) is 6.21. The number of piperidine rings is 1. The van der Waals surface area contributed by atoms with E-state index in [0.29, 0.717) is 40.6 Å². The number of ether oxygens (including phenoxy) is 1. The average molecular weight is 435 g/mol. The molecule has 1 amide bonds. The molecule has 1 saturated heterocycles. The smallest absolute Gasteiger partial charge is 0.276 e. The van der Waals surface area contributed by atoms with Crippen LogP contribution in [0.5, 0.6) is 5.75 Å². The van der Waals surface area contributed by atoms with Crippen LogP contribution in [-0.2, 0) is 6.61 Å². The first-order chi connectivity index (χ1) is 12.5. The molecule has 0 radical (unpaired) electrons. The standard InChI is InChI=1S/C18H21Cl2N3O3.ClH/c1-11(21)12-5-7-23(8-6-12)18(24)16-9-13(26-22-16)10-25-17-14(19)3-2-4-15(17)20;/h2-4,9,11-12H,5-8,10,21H2,1H3;1H. The number of hydrogen-bond donors (Lipinski definition) is 1.